The third-order valence-corrected chi connectivity index (χ3v) is 3.52. The first-order valence-corrected chi connectivity index (χ1v) is 7.55. The second kappa shape index (κ2) is 8.04. The highest BCUT2D eigenvalue weighted by molar-refractivity contribution is 7.10. The second-order valence-electron chi connectivity index (χ2n) is 4.60. The van der Waals surface area contributed by atoms with Gasteiger partial charge in [0.1, 0.15) is 0 Å². The van der Waals surface area contributed by atoms with Crippen LogP contribution in [0.25, 0.3) is 0 Å². The molecule has 7 heteroatoms. The van der Waals surface area contributed by atoms with Gasteiger partial charge >= 0.3 is 0 Å². The Balaban J connectivity index is 1.77. The van der Waals surface area contributed by atoms with E-state index in [4.69, 9.17) is 0 Å². The van der Waals surface area contributed by atoms with Crippen LogP contribution in [-0.4, -0.2) is 22.5 Å². The minimum Gasteiger partial charge on any atom is -0.324 e. The fourth-order valence-corrected chi connectivity index (χ4v) is 2.39. The van der Waals surface area contributed by atoms with Gasteiger partial charge < -0.3 is 5.32 Å². The lowest BCUT2D eigenvalue weighted by Crippen LogP contribution is -2.22. The standard InChI is InChI=1S/C15H16N4O2S/c1-11(8-14(20)17-12-4-2-6-16-10-12)18-19-15(21)9-13-5-3-7-22-13/h2-7,10H,8-9H2,1H3,(H,17,20)(H,19,21)/b18-11-. The van der Waals surface area contributed by atoms with Crippen LogP contribution in [0.4, 0.5) is 5.69 Å². The molecule has 0 radical (unpaired) electrons. The van der Waals surface area contributed by atoms with E-state index in [2.05, 4.69) is 20.8 Å². The number of anilines is 1. The van der Waals surface area contributed by atoms with Gasteiger partial charge in [-0.25, -0.2) is 5.43 Å². The predicted octanol–water partition coefficient (Wildman–Crippen LogP) is 2.21. The number of amides is 2. The Morgan fingerprint density at radius 2 is 2.14 bits per heavy atom. The molecule has 0 saturated carbocycles. The molecule has 0 saturated heterocycles. The van der Waals surface area contributed by atoms with Gasteiger partial charge in [-0.1, -0.05) is 6.07 Å². The summed E-state index contributed by atoms with van der Waals surface area (Å²) in [7, 11) is 0. The van der Waals surface area contributed by atoms with Crippen molar-refractivity contribution in [2.75, 3.05) is 5.32 Å². The molecule has 2 aromatic heterocycles. The molecule has 0 aromatic carbocycles. The monoisotopic (exact) mass is 316 g/mol. The van der Waals surface area contributed by atoms with E-state index < -0.39 is 0 Å². The molecule has 6 nitrogen and oxygen atoms in total. The van der Waals surface area contributed by atoms with E-state index >= 15 is 0 Å². The number of hydrazone groups is 1. The van der Waals surface area contributed by atoms with Crippen LogP contribution in [0.2, 0.25) is 0 Å². The first-order chi connectivity index (χ1) is 10.6. The van der Waals surface area contributed by atoms with Gasteiger partial charge in [0, 0.05) is 16.8 Å². The van der Waals surface area contributed by atoms with Gasteiger partial charge in [-0.15, -0.1) is 11.3 Å². The molecule has 2 rings (SSSR count). The summed E-state index contributed by atoms with van der Waals surface area (Å²) in [5.41, 5.74) is 3.61. The Morgan fingerprint density at radius 3 is 2.82 bits per heavy atom. The maximum Gasteiger partial charge on any atom is 0.245 e. The molecule has 2 amide bonds. The second-order valence-corrected chi connectivity index (χ2v) is 5.64. The van der Waals surface area contributed by atoms with Crippen molar-refractivity contribution in [2.45, 2.75) is 19.8 Å². The van der Waals surface area contributed by atoms with E-state index in [1.165, 1.54) is 11.3 Å². The maximum atomic E-state index is 11.8. The topological polar surface area (TPSA) is 83.4 Å². The van der Waals surface area contributed by atoms with Crippen LogP contribution >= 0.6 is 11.3 Å². The molecule has 0 atom stereocenters. The molecule has 0 aliphatic heterocycles. The van der Waals surface area contributed by atoms with E-state index in [1.807, 2.05) is 17.5 Å². The number of thiophene rings is 1. The molecule has 2 aromatic rings. The molecular weight excluding hydrogens is 300 g/mol. The molecule has 114 valence electrons. The zero-order valence-electron chi connectivity index (χ0n) is 12.1. The highest BCUT2D eigenvalue weighted by Gasteiger charge is 2.06. The fraction of sp³-hybridized carbons (Fsp3) is 0.200. The molecule has 22 heavy (non-hydrogen) atoms. The smallest absolute Gasteiger partial charge is 0.245 e. The normalized spacial score (nSPS) is 11.0. The van der Waals surface area contributed by atoms with Gasteiger partial charge in [0.15, 0.2) is 0 Å². The number of rotatable bonds is 6. The van der Waals surface area contributed by atoms with Crippen molar-refractivity contribution in [3.8, 4) is 0 Å². The maximum absolute atomic E-state index is 11.8. The van der Waals surface area contributed by atoms with Gasteiger partial charge in [0.2, 0.25) is 11.8 Å². The van der Waals surface area contributed by atoms with Crippen LogP contribution in [0.1, 0.15) is 18.2 Å². The van der Waals surface area contributed by atoms with Crippen molar-refractivity contribution >= 4 is 34.6 Å². The van der Waals surface area contributed by atoms with Crippen LogP contribution < -0.4 is 10.7 Å². The lowest BCUT2D eigenvalue weighted by molar-refractivity contribution is -0.120. The van der Waals surface area contributed by atoms with Gasteiger partial charge in [-0.2, -0.15) is 5.10 Å². The summed E-state index contributed by atoms with van der Waals surface area (Å²) < 4.78 is 0. The molecule has 0 unspecified atom stereocenters. The Hall–Kier alpha value is -2.54. The number of pyridine rings is 1. The molecule has 0 bridgehead atoms. The van der Waals surface area contributed by atoms with Crippen LogP contribution in [0.5, 0.6) is 0 Å². The third-order valence-electron chi connectivity index (χ3n) is 2.65. The van der Waals surface area contributed by atoms with Crippen LogP contribution in [0, 0.1) is 0 Å². The van der Waals surface area contributed by atoms with Gasteiger partial charge in [-0.3, -0.25) is 14.6 Å². The Labute approximate surface area is 132 Å². The Kier molecular flexibility index (Phi) is 5.79. The molecule has 0 spiro atoms. The Morgan fingerprint density at radius 1 is 1.27 bits per heavy atom. The number of nitrogens with zero attached hydrogens (tertiary/aromatic N) is 2. The van der Waals surface area contributed by atoms with E-state index in [0.29, 0.717) is 11.4 Å². The lowest BCUT2D eigenvalue weighted by Gasteiger charge is -2.04. The van der Waals surface area contributed by atoms with E-state index in [9.17, 15) is 9.59 Å². The summed E-state index contributed by atoms with van der Waals surface area (Å²) in [6, 6.07) is 7.27. The summed E-state index contributed by atoms with van der Waals surface area (Å²) in [5, 5.41) is 8.55. The van der Waals surface area contributed by atoms with Crippen molar-refractivity contribution in [1.29, 1.82) is 0 Å². The quantitative estimate of drug-likeness (QED) is 0.633. The van der Waals surface area contributed by atoms with Crippen molar-refractivity contribution in [1.82, 2.24) is 10.4 Å². The summed E-state index contributed by atoms with van der Waals surface area (Å²) in [5.74, 6) is -0.406. The average Bonchev–Trinajstić information content (AvgIpc) is 2.99. The molecule has 2 N–H and O–H groups in total. The van der Waals surface area contributed by atoms with Gasteiger partial charge in [0.05, 0.1) is 24.7 Å². The zero-order valence-corrected chi connectivity index (χ0v) is 12.9. The lowest BCUT2D eigenvalue weighted by atomic mass is 10.3. The molecule has 0 fully saturated rings. The van der Waals surface area contributed by atoms with Crippen molar-refractivity contribution in [3.63, 3.8) is 0 Å². The van der Waals surface area contributed by atoms with Crippen molar-refractivity contribution in [2.24, 2.45) is 5.10 Å². The largest absolute Gasteiger partial charge is 0.324 e. The minimum atomic E-state index is -0.207. The predicted molar refractivity (Wildman–Crippen MR) is 86.8 cm³/mol. The first-order valence-electron chi connectivity index (χ1n) is 6.68. The van der Waals surface area contributed by atoms with Crippen molar-refractivity contribution in [3.05, 3.63) is 46.9 Å². The highest BCUT2D eigenvalue weighted by Crippen LogP contribution is 2.08. The molecule has 0 aliphatic rings. The van der Waals surface area contributed by atoms with Crippen molar-refractivity contribution < 1.29 is 9.59 Å². The molecule has 0 aliphatic carbocycles. The van der Waals surface area contributed by atoms with Crippen LogP contribution in [-0.2, 0) is 16.0 Å². The number of nitrogens with one attached hydrogen (secondary N) is 2. The molecular formula is C15H16N4O2S. The van der Waals surface area contributed by atoms with E-state index in [-0.39, 0.29) is 24.7 Å². The highest BCUT2D eigenvalue weighted by atomic mass is 32.1. The first kappa shape index (κ1) is 15.8. The summed E-state index contributed by atoms with van der Waals surface area (Å²) in [4.78, 5) is 28.3. The van der Waals surface area contributed by atoms with E-state index in [1.54, 1.807) is 31.5 Å². The van der Waals surface area contributed by atoms with E-state index in [0.717, 1.165) is 4.88 Å². The number of hydrogen-bond acceptors (Lipinski definition) is 5. The number of carbonyl (C=O) groups is 2. The fourth-order valence-electron chi connectivity index (χ4n) is 1.68. The van der Waals surface area contributed by atoms with Crippen LogP contribution in [0.3, 0.4) is 0 Å². The van der Waals surface area contributed by atoms with Gasteiger partial charge in [0.25, 0.3) is 0 Å². The number of aromatic nitrogens is 1. The summed E-state index contributed by atoms with van der Waals surface area (Å²) >= 11 is 1.52. The average molecular weight is 316 g/mol. The number of carbonyl (C=O) groups excluding carboxylic acids is 2. The zero-order chi connectivity index (χ0) is 15.8. The Bertz CT molecular complexity index is 653. The summed E-state index contributed by atoms with van der Waals surface area (Å²) in [6.07, 6.45) is 3.59. The number of hydrogen-bond donors (Lipinski definition) is 2. The summed E-state index contributed by atoms with van der Waals surface area (Å²) in [6.45, 7) is 1.69. The minimum absolute atomic E-state index is 0.105. The van der Waals surface area contributed by atoms with Gasteiger partial charge in [-0.05, 0) is 30.5 Å². The SMILES string of the molecule is C/C(CC(=O)Nc1cccnc1)=N/NC(=O)Cc1cccs1. The third kappa shape index (κ3) is 5.45. The van der Waals surface area contributed by atoms with Crippen LogP contribution in [0.15, 0.2) is 47.1 Å². The molecule has 2 heterocycles.